The molecular weight excluding hydrogens is 779 g/mol. The van der Waals surface area contributed by atoms with Crippen LogP contribution in [0.5, 0.6) is 11.5 Å². The van der Waals surface area contributed by atoms with Crippen LogP contribution in [-0.2, 0) is 31.2 Å². The first-order valence-corrected chi connectivity index (χ1v) is 20.4. The SMILES string of the molecule is CCCCCCCCCCc1ccc(C2(c3ccccc3)c3cc(OS(=O)(=O)C(F)(F)F)ccc3-c3c2cc2cc(OSOOC(F)(F)F)ccc2c3C)cc1. The van der Waals surface area contributed by atoms with Crippen molar-refractivity contribution >= 4 is 33.2 Å². The second-order valence-electron chi connectivity index (χ2n) is 13.8. The van der Waals surface area contributed by atoms with Crippen LogP contribution >= 0.6 is 12.3 Å². The minimum atomic E-state index is -5.99. The summed E-state index contributed by atoms with van der Waals surface area (Å²) in [6.07, 6.45) is 5.36. The van der Waals surface area contributed by atoms with E-state index in [4.69, 9.17) is 8.37 Å². The standard InChI is InChI=1S/C42H40F6O6S2/c1-3-4-5-6-7-8-9-11-14-29-17-19-32(20-18-29)40(31-15-12-10-13-16-31)37-27-34(52-56(49,50)42(46,47)48)22-24-36(37)39-28(2)35-23-21-33(25-30(35)26-38(39)40)51-55-54-53-41(43,44)45/h10,12-13,15-27H,3-9,11,14H2,1-2H3. The molecule has 0 bridgehead atoms. The fraction of sp³-hybridized carbons (Fsp3) is 0.333. The number of benzene rings is 5. The normalized spacial score (nSPS) is 15.5. The Bertz CT molecular complexity index is 2240. The summed E-state index contributed by atoms with van der Waals surface area (Å²) in [6, 6.07) is 28.4. The number of halogens is 6. The Morgan fingerprint density at radius 1 is 0.696 bits per heavy atom. The van der Waals surface area contributed by atoms with Crippen LogP contribution in [0.3, 0.4) is 0 Å². The topological polar surface area (TPSA) is 71.1 Å². The predicted molar refractivity (Wildman–Crippen MR) is 204 cm³/mol. The lowest BCUT2D eigenvalue weighted by Crippen LogP contribution is -2.30. The summed E-state index contributed by atoms with van der Waals surface area (Å²) in [5, 5.41) is 1.41. The monoisotopic (exact) mass is 818 g/mol. The average molecular weight is 819 g/mol. The van der Waals surface area contributed by atoms with Crippen LogP contribution in [0.15, 0.2) is 97.1 Å². The van der Waals surface area contributed by atoms with Crippen LogP contribution in [-0.4, -0.2) is 20.3 Å². The third kappa shape index (κ3) is 8.83. The molecule has 1 aliphatic rings. The summed E-state index contributed by atoms with van der Waals surface area (Å²) in [6.45, 7) is 4.10. The summed E-state index contributed by atoms with van der Waals surface area (Å²) in [5.74, 6) is -0.344. The van der Waals surface area contributed by atoms with Gasteiger partial charge in [0.2, 0.25) is 0 Å². The van der Waals surface area contributed by atoms with E-state index in [0.29, 0.717) is 16.5 Å². The van der Waals surface area contributed by atoms with Crippen molar-refractivity contribution in [3.63, 3.8) is 0 Å². The summed E-state index contributed by atoms with van der Waals surface area (Å²) in [5.41, 5.74) is -0.665. The lowest BCUT2D eigenvalue weighted by atomic mass is 9.67. The maximum Gasteiger partial charge on any atom is 0.550 e. The largest absolute Gasteiger partial charge is 0.550 e. The number of aryl methyl sites for hydroxylation is 2. The Morgan fingerprint density at radius 3 is 2.00 bits per heavy atom. The van der Waals surface area contributed by atoms with Gasteiger partial charge in [-0.25, -0.2) is 0 Å². The third-order valence-electron chi connectivity index (χ3n) is 10.1. The van der Waals surface area contributed by atoms with Crippen LogP contribution in [0.1, 0.15) is 91.7 Å². The highest BCUT2D eigenvalue weighted by Gasteiger charge is 2.50. The highest BCUT2D eigenvalue weighted by Crippen LogP contribution is 2.59. The van der Waals surface area contributed by atoms with Gasteiger partial charge in [-0.3, -0.25) is 0 Å². The highest BCUT2D eigenvalue weighted by molar-refractivity contribution is 7.90. The Labute approximate surface area is 326 Å². The first-order chi connectivity index (χ1) is 26.7. The number of alkyl halides is 6. The Morgan fingerprint density at radius 2 is 1.34 bits per heavy atom. The fourth-order valence-electron chi connectivity index (χ4n) is 7.65. The van der Waals surface area contributed by atoms with Crippen LogP contribution in [0.2, 0.25) is 0 Å². The Hall–Kier alpha value is -4.24. The Balaban J connectivity index is 1.46. The van der Waals surface area contributed by atoms with Crippen LogP contribution < -0.4 is 8.37 Å². The van der Waals surface area contributed by atoms with E-state index in [9.17, 15) is 34.8 Å². The molecular formula is C42H40F6O6S2. The summed E-state index contributed by atoms with van der Waals surface area (Å²) >= 11 is -0.00971. The molecule has 5 aromatic rings. The number of unbranched alkanes of at least 4 members (excludes halogenated alkanes) is 7. The molecule has 0 aliphatic heterocycles. The van der Waals surface area contributed by atoms with E-state index in [0.717, 1.165) is 58.0 Å². The van der Waals surface area contributed by atoms with Gasteiger partial charge in [-0.15, -0.1) is 22.4 Å². The molecule has 0 heterocycles. The van der Waals surface area contributed by atoms with Crippen molar-refractivity contribution in [3.8, 4) is 22.6 Å². The zero-order chi connectivity index (χ0) is 40.1. The van der Waals surface area contributed by atoms with Gasteiger partial charge in [0.05, 0.1) is 5.41 Å². The lowest BCUT2D eigenvalue weighted by molar-refractivity contribution is -0.441. The number of hydrogen-bond acceptors (Lipinski definition) is 7. The van der Waals surface area contributed by atoms with E-state index >= 15 is 0 Å². The second-order valence-corrected chi connectivity index (χ2v) is 15.8. The molecule has 0 fully saturated rings. The maximum atomic E-state index is 13.5. The van der Waals surface area contributed by atoms with Gasteiger partial charge in [0, 0.05) is 0 Å². The molecule has 298 valence electrons. The molecule has 56 heavy (non-hydrogen) atoms. The molecule has 0 amide bonds. The van der Waals surface area contributed by atoms with Crippen molar-refractivity contribution in [3.05, 3.63) is 130 Å². The smallest absolute Gasteiger partial charge is 0.399 e. The molecule has 6 rings (SSSR count). The molecule has 6 nitrogen and oxygen atoms in total. The molecule has 1 atom stereocenters. The first kappa shape index (κ1) is 41.4. The molecule has 1 unspecified atom stereocenters. The van der Waals surface area contributed by atoms with Gasteiger partial charge in [-0.2, -0.15) is 21.6 Å². The van der Waals surface area contributed by atoms with E-state index in [1.165, 1.54) is 50.7 Å². The van der Waals surface area contributed by atoms with Gasteiger partial charge >= 0.3 is 22.0 Å². The van der Waals surface area contributed by atoms with Crippen LogP contribution in [0.4, 0.5) is 26.3 Å². The van der Waals surface area contributed by atoms with Gasteiger partial charge in [-0.05, 0) is 105 Å². The number of rotatable bonds is 17. The molecule has 0 saturated carbocycles. The maximum absolute atomic E-state index is 13.5. The molecule has 5 aromatic carbocycles. The van der Waals surface area contributed by atoms with E-state index in [1.807, 2.05) is 67.6 Å². The zero-order valence-electron chi connectivity index (χ0n) is 30.6. The van der Waals surface area contributed by atoms with Crippen LogP contribution in [0, 0.1) is 6.92 Å². The second kappa shape index (κ2) is 17.1. The molecule has 0 spiro atoms. The van der Waals surface area contributed by atoms with Crippen molar-refractivity contribution in [1.82, 2.24) is 0 Å². The van der Waals surface area contributed by atoms with E-state index in [2.05, 4.69) is 16.1 Å². The molecule has 1 aliphatic carbocycles. The van der Waals surface area contributed by atoms with Crippen molar-refractivity contribution in [2.45, 2.75) is 88.9 Å². The van der Waals surface area contributed by atoms with E-state index < -0.39 is 33.2 Å². The van der Waals surface area contributed by atoms with E-state index in [-0.39, 0.29) is 18.1 Å². The fourth-order valence-corrected chi connectivity index (χ4v) is 8.42. The van der Waals surface area contributed by atoms with Gasteiger partial charge in [0.15, 0.2) is 0 Å². The van der Waals surface area contributed by atoms with Crippen molar-refractivity contribution < 1.29 is 52.3 Å². The van der Waals surface area contributed by atoms with Gasteiger partial charge in [-0.1, -0.05) is 119 Å². The van der Waals surface area contributed by atoms with Crippen molar-refractivity contribution in [2.24, 2.45) is 0 Å². The first-order valence-electron chi connectivity index (χ1n) is 18.3. The number of fused-ring (bicyclic) bond motifs is 4. The van der Waals surface area contributed by atoms with E-state index in [1.54, 1.807) is 24.3 Å². The van der Waals surface area contributed by atoms with Crippen molar-refractivity contribution in [1.29, 1.82) is 0 Å². The molecule has 0 aromatic heterocycles. The quantitative estimate of drug-likeness (QED) is 0.0173. The number of hydrogen-bond donors (Lipinski definition) is 0. The van der Waals surface area contributed by atoms with Gasteiger partial charge < -0.3 is 8.37 Å². The average Bonchev–Trinajstić information content (AvgIpc) is 3.44. The highest BCUT2D eigenvalue weighted by atomic mass is 32.2. The zero-order valence-corrected chi connectivity index (χ0v) is 32.3. The lowest BCUT2D eigenvalue weighted by Gasteiger charge is -2.34. The molecule has 0 radical (unpaired) electrons. The predicted octanol–water partition coefficient (Wildman–Crippen LogP) is 12.8. The van der Waals surface area contributed by atoms with Crippen molar-refractivity contribution in [2.75, 3.05) is 0 Å². The van der Waals surface area contributed by atoms with Gasteiger partial charge in [0.1, 0.15) is 11.5 Å². The molecule has 14 heteroatoms. The minimum absolute atomic E-state index is 0.00971. The minimum Gasteiger partial charge on any atom is -0.399 e. The summed E-state index contributed by atoms with van der Waals surface area (Å²) < 4.78 is 116. The third-order valence-corrected chi connectivity index (χ3v) is 11.5. The van der Waals surface area contributed by atoms with Gasteiger partial charge in [0.25, 0.3) is 12.3 Å². The Kier molecular flexibility index (Phi) is 12.6. The molecule has 0 N–H and O–H groups in total. The molecule has 0 saturated heterocycles. The summed E-state index contributed by atoms with van der Waals surface area (Å²) in [4.78, 5) is 3.32. The van der Waals surface area contributed by atoms with Crippen LogP contribution in [0.25, 0.3) is 21.9 Å². The summed E-state index contributed by atoms with van der Waals surface area (Å²) in [7, 11) is -5.99.